The van der Waals surface area contributed by atoms with E-state index < -0.39 is 0 Å². The smallest absolute Gasteiger partial charge is 0.0465 e. The van der Waals surface area contributed by atoms with Gasteiger partial charge in [0.2, 0.25) is 0 Å². The zero-order valence-corrected chi connectivity index (χ0v) is 44.0. The Morgan fingerprint density at radius 3 is 1.33 bits per heavy atom. The molecule has 0 unspecified atom stereocenters. The standard InChI is InChI=1S/C70H51NS.C3H6/c1-69(2)63-40-52(44-12-6-5-7-13-44)26-33-57(63)59-35-31-55(42-65(59)69)71(54-29-24-47(25-30-54)46-18-20-48(21-19-46)51-28-37-68-62(39-51)61-16-10-11-17-67(61)72-68)56-32-36-60-58-34-27-53(41-64(58)70(3,4)66(60)43-56)50-23-22-45-14-8-9-15-49(45)38-50;1-3-2/h5-43H,1-4H3;3H,1H2,2H3. The fourth-order valence-electron chi connectivity index (χ4n) is 12.1. The maximum Gasteiger partial charge on any atom is 0.0465 e. The average molecular weight is 980 g/mol. The SMILES string of the molecule is C=CC.CC1(C)c2cc(-c3ccccc3)ccc2-c2ccc(N(c3ccc(-c4ccc(-c5ccc6sc7ccccc7c6c5)cc4)cc3)c3ccc4c(c3)C(C)(C)c3cc(-c5ccc6ccccc6c5)ccc3-4)cc21. The molecule has 14 rings (SSSR count). The molecule has 0 saturated carbocycles. The molecule has 0 spiro atoms. The molecule has 2 aliphatic rings. The zero-order valence-electron chi connectivity index (χ0n) is 43.2. The van der Waals surface area contributed by atoms with E-state index in [0.717, 1.165) is 17.1 Å². The number of benzene rings is 11. The van der Waals surface area contributed by atoms with Crippen LogP contribution in [-0.2, 0) is 10.8 Å². The second-order valence-corrected chi connectivity index (χ2v) is 22.4. The van der Waals surface area contributed by atoms with Crippen molar-refractivity contribution in [3.8, 4) is 66.8 Å². The van der Waals surface area contributed by atoms with Gasteiger partial charge >= 0.3 is 0 Å². The van der Waals surface area contributed by atoms with Crippen LogP contribution in [-0.4, -0.2) is 0 Å². The van der Waals surface area contributed by atoms with E-state index in [-0.39, 0.29) is 10.8 Å². The Hall–Kier alpha value is -8.56. The maximum absolute atomic E-state index is 3.36. The summed E-state index contributed by atoms with van der Waals surface area (Å²) >= 11 is 1.87. The van der Waals surface area contributed by atoms with Gasteiger partial charge in [-0.3, -0.25) is 0 Å². The van der Waals surface area contributed by atoms with Gasteiger partial charge in [0.25, 0.3) is 0 Å². The van der Waals surface area contributed by atoms with Gasteiger partial charge < -0.3 is 4.90 Å². The van der Waals surface area contributed by atoms with Crippen LogP contribution in [0, 0.1) is 0 Å². The lowest BCUT2D eigenvalue weighted by atomic mass is 9.81. The summed E-state index contributed by atoms with van der Waals surface area (Å²) < 4.78 is 2.67. The topological polar surface area (TPSA) is 3.24 Å². The van der Waals surface area contributed by atoms with Crippen LogP contribution in [0.1, 0.15) is 56.9 Å². The first kappa shape index (κ1) is 46.2. The van der Waals surface area contributed by atoms with Crippen LogP contribution in [0.3, 0.4) is 0 Å². The van der Waals surface area contributed by atoms with Gasteiger partial charge in [0.05, 0.1) is 0 Å². The van der Waals surface area contributed by atoms with Crippen LogP contribution >= 0.6 is 11.3 Å². The summed E-state index contributed by atoms with van der Waals surface area (Å²) in [6, 6.07) is 88.6. The molecule has 0 saturated heterocycles. The second-order valence-electron chi connectivity index (χ2n) is 21.3. The predicted octanol–water partition coefficient (Wildman–Crippen LogP) is 21.2. The molecule has 11 aromatic carbocycles. The van der Waals surface area contributed by atoms with Gasteiger partial charge in [0.15, 0.2) is 0 Å². The summed E-state index contributed by atoms with van der Waals surface area (Å²) in [6.45, 7) is 14.8. The Morgan fingerprint density at radius 2 is 0.720 bits per heavy atom. The number of thiophene rings is 1. The van der Waals surface area contributed by atoms with Crippen molar-refractivity contribution in [2.75, 3.05) is 4.90 Å². The summed E-state index contributed by atoms with van der Waals surface area (Å²) in [4.78, 5) is 2.48. The highest BCUT2D eigenvalue weighted by atomic mass is 32.1. The Bertz CT molecular complexity index is 4190. The van der Waals surface area contributed by atoms with Crippen molar-refractivity contribution in [3.05, 3.63) is 271 Å². The Morgan fingerprint density at radius 1 is 0.333 bits per heavy atom. The van der Waals surface area contributed by atoms with Gasteiger partial charge in [-0.15, -0.1) is 17.9 Å². The summed E-state index contributed by atoms with van der Waals surface area (Å²) in [5.74, 6) is 0. The first-order valence-electron chi connectivity index (χ1n) is 26.2. The van der Waals surface area contributed by atoms with E-state index in [9.17, 15) is 0 Å². The first-order valence-corrected chi connectivity index (χ1v) is 27.0. The third-order valence-corrected chi connectivity index (χ3v) is 17.2. The van der Waals surface area contributed by atoms with Crippen LogP contribution < -0.4 is 4.90 Å². The van der Waals surface area contributed by atoms with Crippen molar-refractivity contribution >= 4 is 59.3 Å². The highest BCUT2D eigenvalue weighted by Gasteiger charge is 2.38. The molecular formula is C73H57NS. The molecule has 12 aromatic rings. The van der Waals surface area contributed by atoms with Crippen LogP contribution in [0.5, 0.6) is 0 Å². The Labute approximate surface area is 445 Å². The van der Waals surface area contributed by atoms with E-state index in [2.05, 4.69) is 276 Å². The quantitative estimate of drug-likeness (QED) is 0.144. The van der Waals surface area contributed by atoms with Crippen molar-refractivity contribution in [3.63, 3.8) is 0 Å². The molecule has 75 heavy (non-hydrogen) atoms. The minimum Gasteiger partial charge on any atom is -0.310 e. The normalized spacial score (nSPS) is 13.4. The van der Waals surface area contributed by atoms with E-state index in [1.165, 1.54) is 120 Å². The van der Waals surface area contributed by atoms with Crippen LogP contribution in [0.4, 0.5) is 17.1 Å². The third kappa shape index (κ3) is 7.83. The van der Waals surface area contributed by atoms with Gasteiger partial charge in [0.1, 0.15) is 0 Å². The molecule has 1 aromatic heterocycles. The molecule has 0 radical (unpaired) electrons. The predicted molar refractivity (Wildman–Crippen MR) is 324 cm³/mol. The van der Waals surface area contributed by atoms with E-state index in [4.69, 9.17) is 0 Å². The highest BCUT2D eigenvalue weighted by molar-refractivity contribution is 7.25. The maximum atomic E-state index is 3.36. The van der Waals surface area contributed by atoms with Gasteiger partial charge in [-0.05, 0) is 180 Å². The fourth-order valence-corrected chi connectivity index (χ4v) is 13.2. The van der Waals surface area contributed by atoms with Crippen molar-refractivity contribution in [2.24, 2.45) is 0 Å². The lowest BCUT2D eigenvalue weighted by molar-refractivity contribution is 0.660. The summed E-state index contributed by atoms with van der Waals surface area (Å²) in [7, 11) is 0. The van der Waals surface area contributed by atoms with E-state index in [1.54, 1.807) is 6.08 Å². The minimum atomic E-state index is -0.212. The number of allylic oxidation sites excluding steroid dienone is 1. The lowest BCUT2D eigenvalue weighted by Crippen LogP contribution is -2.18. The summed E-state index contributed by atoms with van der Waals surface area (Å²) in [5.41, 5.74) is 23.6. The van der Waals surface area contributed by atoms with Crippen molar-refractivity contribution in [1.82, 2.24) is 0 Å². The van der Waals surface area contributed by atoms with Crippen LogP contribution in [0.15, 0.2) is 249 Å². The Kier molecular flexibility index (Phi) is 11.2. The molecule has 0 N–H and O–H groups in total. The van der Waals surface area contributed by atoms with Crippen molar-refractivity contribution in [2.45, 2.75) is 45.4 Å². The molecule has 0 aliphatic heterocycles. The zero-order chi connectivity index (χ0) is 51.0. The molecule has 0 amide bonds. The third-order valence-electron chi connectivity index (χ3n) is 16.1. The fraction of sp³-hybridized carbons (Fsp3) is 0.0959. The van der Waals surface area contributed by atoms with E-state index in [1.807, 2.05) is 18.3 Å². The Balaban J connectivity index is 0.00000176. The van der Waals surface area contributed by atoms with Gasteiger partial charge in [-0.2, -0.15) is 0 Å². The van der Waals surface area contributed by atoms with Crippen LogP contribution in [0.25, 0.3) is 97.7 Å². The van der Waals surface area contributed by atoms with E-state index in [0.29, 0.717) is 0 Å². The number of anilines is 3. The molecular weight excluding hydrogens is 923 g/mol. The van der Waals surface area contributed by atoms with Crippen molar-refractivity contribution < 1.29 is 0 Å². The lowest BCUT2D eigenvalue weighted by Gasteiger charge is -2.30. The molecule has 1 nitrogen and oxygen atoms in total. The van der Waals surface area contributed by atoms with Gasteiger partial charge in [-0.25, -0.2) is 0 Å². The molecule has 0 atom stereocenters. The molecule has 2 heteroatoms. The van der Waals surface area contributed by atoms with Gasteiger partial charge in [-0.1, -0.05) is 198 Å². The molecule has 1 heterocycles. The summed E-state index contributed by atoms with van der Waals surface area (Å²) in [5, 5.41) is 5.19. The van der Waals surface area contributed by atoms with E-state index >= 15 is 0 Å². The average Bonchev–Trinajstić information content (AvgIpc) is 4.11. The summed E-state index contributed by atoms with van der Waals surface area (Å²) in [6.07, 6.45) is 1.75. The number of nitrogens with zero attached hydrogens (tertiary/aromatic N) is 1. The first-order chi connectivity index (χ1) is 36.6. The molecule has 0 fully saturated rings. The molecule has 360 valence electrons. The second kappa shape index (κ2) is 18.1. The molecule has 0 bridgehead atoms. The van der Waals surface area contributed by atoms with Crippen molar-refractivity contribution in [1.29, 1.82) is 0 Å². The number of hydrogen-bond acceptors (Lipinski definition) is 2. The minimum absolute atomic E-state index is 0.194. The molecule has 2 aliphatic carbocycles. The number of rotatable bonds is 7. The largest absolute Gasteiger partial charge is 0.310 e. The highest BCUT2D eigenvalue weighted by Crippen LogP contribution is 2.54. The van der Waals surface area contributed by atoms with Crippen LogP contribution in [0.2, 0.25) is 0 Å². The monoisotopic (exact) mass is 979 g/mol. The number of fused-ring (bicyclic) bond motifs is 10. The number of hydrogen-bond donors (Lipinski definition) is 0. The van der Waals surface area contributed by atoms with Gasteiger partial charge in [0, 0.05) is 48.1 Å².